The summed E-state index contributed by atoms with van der Waals surface area (Å²) in [5.41, 5.74) is 6.10. The van der Waals surface area contributed by atoms with Crippen molar-refractivity contribution >= 4 is 28.3 Å². The quantitative estimate of drug-likeness (QED) is 0.492. The summed E-state index contributed by atoms with van der Waals surface area (Å²) in [6.45, 7) is 1.88. The molecule has 0 bridgehead atoms. The van der Waals surface area contributed by atoms with Crippen molar-refractivity contribution in [2.45, 2.75) is 6.92 Å². The fraction of sp³-hybridized carbons (Fsp3) is 0.0526. The molecule has 0 atom stereocenters. The van der Waals surface area contributed by atoms with E-state index in [1.54, 1.807) is 0 Å². The van der Waals surface area contributed by atoms with Gasteiger partial charge in [0.05, 0.1) is 16.9 Å². The molecule has 5 rings (SSSR count). The average molecular weight is 377 g/mol. The molecule has 2 aromatic carbocycles. The molecule has 0 saturated heterocycles. The average Bonchev–Trinajstić information content (AvgIpc) is 3.26. The minimum atomic E-state index is -0.206. The Bertz CT molecular complexity index is 1360. The van der Waals surface area contributed by atoms with Crippen molar-refractivity contribution in [2.24, 2.45) is 0 Å². The van der Waals surface area contributed by atoms with Crippen molar-refractivity contribution in [3.05, 3.63) is 69.6 Å². The van der Waals surface area contributed by atoms with Crippen LogP contribution in [0.1, 0.15) is 5.69 Å². The second kappa shape index (κ2) is 5.78. The zero-order valence-electron chi connectivity index (χ0n) is 14.2. The van der Waals surface area contributed by atoms with E-state index in [0.29, 0.717) is 16.4 Å². The molecular formula is C19H13ClN6O. The van der Waals surface area contributed by atoms with Crippen LogP contribution in [0.25, 0.3) is 39.1 Å². The first-order valence-corrected chi connectivity index (χ1v) is 8.68. The summed E-state index contributed by atoms with van der Waals surface area (Å²) in [5.74, 6) is 0. The summed E-state index contributed by atoms with van der Waals surface area (Å²) < 4.78 is 1.39. The molecule has 0 aliphatic heterocycles. The molecule has 0 aliphatic rings. The van der Waals surface area contributed by atoms with Gasteiger partial charge in [0.15, 0.2) is 0 Å². The lowest BCUT2D eigenvalue weighted by Crippen LogP contribution is -2.14. The number of fused-ring (bicyclic) bond motifs is 2. The number of nitrogens with one attached hydrogen (secondary N) is 2. The van der Waals surface area contributed by atoms with E-state index in [4.69, 9.17) is 11.6 Å². The molecule has 3 heterocycles. The van der Waals surface area contributed by atoms with Crippen molar-refractivity contribution in [2.75, 3.05) is 0 Å². The Hall–Kier alpha value is -3.45. The van der Waals surface area contributed by atoms with Crippen molar-refractivity contribution in [3.8, 4) is 22.4 Å². The number of nitrogens with zero attached hydrogens (tertiary/aromatic N) is 4. The van der Waals surface area contributed by atoms with Crippen LogP contribution in [0.5, 0.6) is 0 Å². The van der Waals surface area contributed by atoms with Crippen molar-refractivity contribution in [1.29, 1.82) is 0 Å². The zero-order valence-corrected chi connectivity index (χ0v) is 14.9. The second-order valence-corrected chi connectivity index (χ2v) is 6.73. The number of rotatable bonds is 2. The van der Waals surface area contributed by atoms with E-state index < -0.39 is 0 Å². The van der Waals surface area contributed by atoms with Crippen LogP contribution in [0.2, 0.25) is 5.02 Å². The predicted octanol–water partition coefficient (Wildman–Crippen LogP) is 3.59. The lowest BCUT2D eigenvalue weighted by Gasteiger charge is -2.05. The summed E-state index contributed by atoms with van der Waals surface area (Å²) in [7, 11) is 0. The molecule has 2 N–H and O–H groups in total. The normalized spacial score (nSPS) is 11.5. The number of H-pyrrole nitrogens is 2. The monoisotopic (exact) mass is 376 g/mol. The van der Waals surface area contributed by atoms with Gasteiger partial charge in [-0.1, -0.05) is 35.0 Å². The maximum absolute atomic E-state index is 12.7. The Kier molecular flexibility index (Phi) is 3.38. The fourth-order valence-electron chi connectivity index (χ4n) is 3.28. The Balaban J connectivity index is 1.77. The molecule has 27 heavy (non-hydrogen) atoms. The third kappa shape index (κ3) is 2.51. The number of hydrogen-bond donors (Lipinski definition) is 2. The highest BCUT2D eigenvalue weighted by atomic mass is 35.5. The van der Waals surface area contributed by atoms with Gasteiger partial charge in [0.2, 0.25) is 0 Å². The highest BCUT2D eigenvalue weighted by Gasteiger charge is 2.15. The lowest BCUT2D eigenvalue weighted by atomic mass is 10.1. The van der Waals surface area contributed by atoms with Crippen LogP contribution in [0.4, 0.5) is 0 Å². The van der Waals surface area contributed by atoms with Crippen LogP contribution in [0.3, 0.4) is 0 Å². The first kappa shape index (κ1) is 15.8. The topological polar surface area (TPSA) is 91.7 Å². The minimum Gasteiger partial charge on any atom is -0.339 e. The molecule has 3 aromatic heterocycles. The van der Waals surface area contributed by atoms with Crippen molar-refractivity contribution < 1.29 is 0 Å². The Morgan fingerprint density at radius 2 is 1.81 bits per heavy atom. The van der Waals surface area contributed by atoms with Gasteiger partial charge in [-0.3, -0.25) is 9.89 Å². The Labute approximate surface area is 157 Å². The molecule has 5 aromatic rings. The van der Waals surface area contributed by atoms with E-state index in [2.05, 4.69) is 25.5 Å². The molecule has 132 valence electrons. The number of aromatic nitrogens is 6. The largest absolute Gasteiger partial charge is 0.339 e. The van der Waals surface area contributed by atoms with Gasteiger partial charge in [-0.05, 0) is 36.8 Å². The van der Waals surface area contributed by atoms with E-state index in [1.807, 2.05) is 49.4 Å². The van der Waals surface area contributed by atoms with Crippen molar-refractivity contribution in [1.82, 2.24) is 30.0 Å². The summed E-state index contributed by atoms with van der Waals surface area (Å²) in [5, 5.41) is 15.7. The van der Waals surface area contributed by atoms with Crippen LogP contribution >= 0.6 is 11.6 Å². The van der Waals surface area contributed by atoms with Crippen LogP contribution in [-0.2, 0) is 0 Å². The maximum atomic E-state index is 12.7. The SMILES string of the molecule is Cc1nn2c(=O)cc(-c3ccc4[nH]nnc4c3)[nH]c2c1-c1ccc(Cl)cc1. The number of aromatic amines is 2. The smallest absolute Gasteiger partial charge is 0.274 e. The second-order valence-electron chi connectivity index (χ2n) is 6.29. The first-order valence-electron chi connectivity index (χ1n) is 8.30. The molecule has 0 aliphatic carbocycles. The van der Waals surface area contributed by atoms with Gasteiger partial charge in [0, 0.05) is 22.2 Å². The summed E-state index contributed by atoms with van der Waals surface area (Å²) in [6, 6.07) is 14.7. The van der Waals surface area contributed by atoms with E-state index in [0.717, 1.165) is 33.4 Å². The third-order valence-corrected chi connectivity index (χ3v) is 4.81. The minimum absolute atomic E-state index is 0.206. The van der Waals surface area contributed by atoms with Gasteiger partial charge in [-0.2, -0.15) is 9.61 Å². The van der Waals surface area contributed by atoms with Gasteiger partial charge in [0.1, 0.15) is 11.2 Å². The lowest BCUT2D eigenvalue weighted by molar-refractivity contribution is 0.882. The maximum Gasteiger partial charge on any atom is 0.274 e. The Morgan fingerprint density at radius 3 is 2.63 bits per heavy atom. The summed E-state index contributed by atoms with van der Waals surface area (Å²) in [6.07, 6.45) is 0. The highest BCUT2D eigenvalue weighted by Crippen LogP contribution is 2.29. The van der Waals surface area contributed by atoms with Crippen molar-refractivity contribution in [3.63, 3.8) is 0 Å². The zero-order chi connectivity index (χ0) is 18.5. The van der Waals surface area contributed by atoms with E-state index in [9.17, 15) is 4.79 Å². The van der Waals surface area contributed by atoms with E-state index in [1.165, 1.54) is 10.6 Å². The van der Waals surface area contributed by atoms with Crippen LogP contribution in [-0.4, -0.2) is 30.0 Å². The molecule has 0 amide bonds. The predicted molar refractivity (Wildman–Crippen MR) is 104 cm³/mol. The Morgan fingerprint density at radius 1 is 1.04 bits per heavy atom. The molecule has 7 nitrogen and oxygen atoms in total. The van der Waals surface area contributed by atoms with Gasteiger partial charge >= 0.3 is 0 Å². The number of aryl methyl sites for hydroxylation is 1. The van der Waals surface area contributed by atoms with Crippen LogP contribution in [0.15, 0.2) is 53.3 Å². The van der Waals surface area contributed by atoms with E-state index >= 15 is 0 Å². The molecule has 0 spiro atoms. The van der Waals surface area contributed by atoms with Gasteiger partial charge < -0.3 is 4.98 Å². The van der Waals surface area contributed by atoms with Gasteiger partial charge in [0.25, 0.3) is 5.56 Å². The molecule has 0 fully saturated rings. The fourth-order valence-corrected chi connectivity index (χ4v) is 3.40. The highest BCUT2D eigenvalue weighted by molar-refractivity contribution is 6.30. The van der Waals surface area contributed by atoms with Crippen LogP contribution < -0.4 is 5.56 Å². The molecule has 8 heteroatoms. The number of halogens is 1. The molecule has 0 saturated carbocycles. The van der Waals surface area contributed by atoms with Crippen LogP contribution in [0, 0.1) is 6.92 Å². The standard InChI is InChI=1S/C19H13ClN6O/c1-10-18(11-2-5-13(20)6-3-11)19-21-15(9-17(27)26(19)24-10)12-4-7-14-16(8-12)23-25-22-14/h2-9,21H,1H3,(H,22,23,25). The molecule has 0 radical (unpaired) electrons. The van der Waals surface area contributed by atoms with Gasteiger partial charge in [-0.25, -0.2) is 0 Å². The van der Waals surface area contributed by atoms with Gasteiger partial charge in [-0.15, -0.1) is 5.10 Å². The molecular weight excluding hydrogens is 364 g/mol. The molecule has 0 unspecified atom stereocenters. The number of hydrogen-bond acceptors (Lipinski definition) is 4. The number of benzene rings is 2. The summed E-state index contributed by atoms with van der Waals surface area (Å²) >= 11 is 6.01. The first-order chi connectivity index (χ1) is 13.1. The summed E-state index contributed by atoms with van der Waals surface area (Å²) in [4.78, 5) is 16.0. The van der Waals surface area contributed by atoms with E-state index in [-0.39, 0.29) is 5.56 Å². The third-order valence-electron chi connectivity index (χ3n) is 4.56.